The monoisotopic (exact) mass is 334 g/mol. The zero-order valence-corrected chi connectivity index (χ0v) is 13.8. The maximum absolute atomic E-state index is 11.4. The van der Waals surface area contributed by atoms with Crippen LogP contribution in [0.5, 0.6) is 0 Å². The second kappa shape index (κ2) is 7.66. The van der Waals surface area contributed by atoms with E-state index in [1.165, 1.54) is 10.6 Å². The minimum absolute atomic E-state index is 0.296. The first-order valence-electron chi connectivity index (χ1n) is 6.91. The number of sulfonamides is 1. The Bertz CT molecular complexity index is 510. The van der Waals surface area contributed by atoms with Crippen molar-refractivity contribution in [1.82, 2.24) is 9.21 Å². The molecule has 0 aliphatic carbocycles. The quantitative estimate of drug-likeness (QED) is 0.771. The molecule has 1 aliphatic heterocycles. The van der Waals surface area contributed by atoms with Crippen molar-refractivity contribution in [3.8, 4) is 0 Å². The highest BCUT2D eigenvalue weighted by Crippen LogP contribution is 2.10. The summed E-state index contributed by atoms with van der Waals surface area (Å²) in [7, 11) is -3.10. The minimum Gasteiger partial charge on any atom is -0.389 e. The molecule has 21 heavy (non-hydrogen) atoms. The van der Waals surface area contributed by atoms with Gasteiger partial charge in [0.2, 0.25) is 10.0 Å². The van der Waals surface area contributed by atoms with Crippen LogP contribution in [-0.2, 0) is 21.4 Å². The first kappa shape index (κ1) is 16.9. The Labute approximate surface area is 130 Å². The van der Waals surface area contributed by atoms with E-state index in [0.717, 1.165) is 4.88 Å². The molecule has 1 N–H and O–H groups in total. The standard InChI is InChI=1S/C13H22N2O4S2/c1-21(17,18)15-6-4-14(5-7-15)9-12(16)10-19-11-13-3-2-8-20-13/h2-3,8,12,16H,4-7,9-11H2,1H3/t12-/m0/s1. The minimum atomic E-state index is -3.10. The van der Waals surface area contributed by atoms with Gasteiger partial charge >= 0.3 is 0 Å². The summed E-state index contributed by atoms with van der Waals surface area (Å²) in [5.74, 6) is 0. The molecule has 1 fully saturated rings. The number of piperazine rings is 1. The van der Waals surface area contributed by atoms with Gasteiger partial charge in [-0.1, -0.05) is 6.07 Å². The number of β-amino-alcohol motifs (C(OH)–C–C–N with tert-alkyl or cyclic N) is 1. The number of aliphatic hydroxyl groups is 1. The molecule has 0 bridgehead atoms. The third kappa shape index (κ3) is 5.65. The molecule has 0 radical (unpaired) electrons. The van der Waals surface area contributed by atoms with E-state index in [0.29, 0.717) is 45.9 Å². The molecule has 0 saturated carbocycles. The summed E-state index contributed by atoms with van der Waals surface area (Å²) in [5, 5.41) is 12.0. The van der Waals surface area contributed by atoms with Crippen molar-refractivity contribution >= 4 is 21.4 Å². The third-order valence-electron chi connectivity index (χ3n) is 3.40. The van der Waals surface area contributed by atoms with Crippen molar-refractivity contribution < 1.29 is 18.3 Å². The number of aliphatic hydroxyl groups excluding tert-OH is 1. The van der Waals surface area contributed by atoms with Gasteiger partial charge in [-0.15, -0.1) is 11.3 Å². The molecule has 1 saturated heterocycles. The number of rotatable bonds is 7. The van der Waals surface area contributed by atoms with Crippen LogP contribution in [0.1, 0.15) is 4.88 Å². The van der Waals surface area contributed by atoms with Gasteiger partial charge < -0.3 is 9.84 Å². The van der Waals surface area contributed by atoms with E-state index in [1.54, 1.807) is 11.3 Å². The molecule has 2 rings (SSSR count). The van der Waals surface area contributed by atoms with Gasteiger partial charge in [0.25, 0.3) is 0 Å². The van der Waals surface area contributed by atoms with E-state index >= 15 is 0 Å². The smallest absolute Gasteiger partial charge is 0.211 e. The summed E-state index contributed by atoms with van der Waals surface area (Å²) in [6, 6.07) is 3.97. The summed E-state index contributed by atoms with van der Waals surface area (Å²) in [4.78, 5) is 3.21. The van der Waals surface area contributed by atoms with E-state index in [9.17, 15) is 13.5 Å². The Morgan fingerprint density at radius 1 is 1.38 bits per heavy atom. The fourth-order valence-electron chi connectivity index (χ4n) is 2.28. The van der Waals surface area contributed by atoms with Gasteiger partial charge in [-0.2, -0.15) is 4.31 Å². The van der Waals surface area contributed by atoms with Crippen LogP contribution < -0.4 is 0 Å². The third-order valence-corrected chi connectivity index (χ3v) is 5.56. The van der Waals surface area contributed by atoms with E-state index in [-0.39, 0.29) is 0 Å². The lowest BCUT2D eigenvalue weighted by Gasteiger charge is -2.34. The predicted octanol–water partition coefficient (Wildman–Crippen LogP) is 0.203. The molecular weight excluding hydrogens is 312 g/mol. The largest absolute Gasteiger partial charge is 0.389 e. The van der Waals surface area contributed by atoms with Gasteiger partial charge in [0, 0.05) is 37.6 Å². The van der Waals surface area contributed by atoms with Gasteiger partial charge in [0.15, 0.2) is 0 Å². The van der Waals surface area contributed by atoms with Gasteiger partial charge in [0.1, 0.15) is 0 Å². The molecular formula is C13H22N2O4S2. The predicted molar refractivity (Wildman–Crippen MR) is 82.8 cm³/mol. The first-order valence-corrected chi connectivity index (χ1v) is 9.63. The summed E-state index contributed by atoms with van der Waals surface area (Å²) in [6.07, 6.45) is 0.686. The maximum atomic E-state index is 11.4. The Morgan fingerprint density at radius 2 is 2.10 bits per heavy atom. The van der Waals surface area contributed by atoms with Crippen LogP contribution in [0.3, 0.4) is 0 Å². The van der Waals surface area contributed by atoms with Gasteiger partial charge in [-0.3, -0.25) is 4.90 Å². The van der Waals surface area contributed by atoms with Gasteiger partial charge in [-0.25, -0.2) is 8.42 Å². The molecule has 6 nitrogen and oxygen atoms in total. The molecule has 2 heterocycles. The van der Waals surface area contributed by atoms with Crippen molar-refractivity contribution in [3.05, 3.63) is 22.4 Å². The van der Waals surface area contributed by atoms with E-state index in [4.69, 9.17) is 4.74 Å². The number of hydrogen-bond acceptors (Lipinski definition) is 6. The molecule has 0 amide bonds. The average Bonchev–Trinajstić information content (AvgIpc) is 2.91. The highest BCUT2D eigenvalue weighted by molar-refractivity contribution is 7.88. The van der Waals surface area contributed by atoms with Crippen molar-refractivity contribution in [3.63, 3.8) is 0 Å². The Hall–Kier alpha value is -0.510. The van der Waals surface area contributed by atoms with E-state index in [1.807, 2.05) is 17.5 Å². The summed E-state index contributed by atoms with van der Waals surface area (Å²) < 4.78 is 29.8. The van der Waals surface area contributed by atoms with Crippen LogP contribution in [0.25, 0.3) is 0 Å². The lowest BCUT2D eigenvalue weighted by molar-refractivity contribution is 0.00613. The van der Waals surface area contributed by atoms with Crippen molar-refractivity contribution in [1.29, 1.82) is 0 Å². The molecule has 1 aliphatic rings. The van der Waals surface area contributed by atoms with Crippen LogP contribution >= 0.6 is 11.3 Å². The van der Waals surface area contributed by atoms with Crippen LogP contribution in [0, 0.1) is 0 Å². The topological polar surface area (TPSA) is 70.1 Å². The molecule has 120 valence electrons. The fourth-order valence-corrected chi connectivity index (χ4v) is 3.75. The lowest BCUT2D eigenvalue weighted by atomic mass is 10.3. The Kier molecular flexibility index (Phi) is 6.15. The second-order valence-electron chi connectivity index (χ2n) is 5.21. The highest BCUT2D eigenvalue weighted by atomic mass is 32.2. The number of ether oxygens (including phenoxy) is 1. The Balaban J connectivity index is 1.64. The molecule has 0 spiro atoms. The number of hydrogen-bond donors (Lipinski definition) is 1. The van der Waals surface area contributed by atoms with Gasteiger partial charge in [0.05, 0.1) is 25.6 Å². The zero-order valence-electron chi connectivity index (χ0n) is 12.1. The van der Waals surface area contributed by atoms with Crippen LogP contribution in [0.15, 0.2) is 17.5 Å². The number of nitrogens with zero attached hydrogens (tertiary/aromatic N) is 2. The molecule has 0 unspecified atom stereocenters. The Morgan fingerprint density at radius 3 is 2.67 bits per heavy atom. The van der Waals surface area contributed by atoms with Crippen molar-refractivity contribution in [2.75, 3.05) is 45.6 Å². The number of thiophene rings is 1. The molecule has 0 aromatic carbocycles. The zero-order chi connectivity index (χ0) is 15.3. The molecule has 1 atom stereocenters. The van der Waals surface area contributed by atoms with Gasteiger partial charge in [-0.05, 0) is 11.4 Å². The lowest BCUT2D eigenvalue weighted by Crippen LogP contribution is -2.50. The van der Waals surface area contributed by atoms with Crippen molar-refractivity contribution in [2.24, 2.45) is 0 Å². The van der Waals surface area contributed by atoms with Crippen molar-refractivity contribution in [2.45, 2.75) is 12.7 Å². The maximum Gasteiger partial charge on any atom is 0.211 e. The average molecular weight is 334 g/mol. The SMILES string of the molecule is CS(=O)(=O)N1CCN(C[C@H](O)COCc2cccs2)CC1. The van der Waals surface area contributed by atoms with Crippen LogP contribution in [0.2, 0.25) is 0 Å². The molecule has 1 aromatic rings. The molecule has 1 aromatic heterocycles. The van der Waals surface area contributed by atoms with E-state index < -0.39 is 16.1 Å². The summed E-state index contributed by atoms with van der Waals surface area (Å²) in [6.45, 7) is 3.61. The van der Waals surface area contributed by atoms with E-state index in [2.05, 4.69) is 4.90 Å². The molecule has 8 heteroatoms. The normalized spacial score (nSPS) is 19.7. The second-order valence-corrected chi connectivity index (χ2v) is 8.23. The first-order chi connectivity index (χ1) is 9.95. The van der Waals surface area contributed by atoms with Crippen LogP contribution in [0.4, 0.5) is 0 Å². The summed E-state index contributed by atoms with van der Waals surface area (Å²) >= 11 is 1.63. The highest BCUT2D eigenvalue weighted by Gasteiger charge is 2.24. The summed E-state index contributed by atoms with van der Waals surface area (Å²) in [5.41, 5.74) is 0. The van der Waals surface area contributed by atoms with Crippen LogP contribution in [-0.4, -0.2) is 74.4 Å². The fraction of sp³-hybridized carbons (Fsp3) is 0.692.